The molecule has 3 heterocycles. The van der Waals surface area contributed by atoms with Crippen molar-refractivity contribution >= 4 is 5.97 Å². The number of carbonyl (C=O) groups excluding carboxylic acids is 1. The van der Waals surface area contributed by atoms with E-state index in [0.717, 1.165) is 31.3 Å². The second-order valence-electron chi connectivity index (χ2n) is 23.6. The zero-order valence-corrected chi connectivity index (χ0v) is 39.8. The van der Waals surface area contributed by atoms with Crippen molar-refractivity contribution in [3.05, 3.63) is 11.6 Å². The lowest BCUT2D eigenvalue weighted by Crippen LogP contribution is -2.68. The fourth-order valence-electron chi connectivity index (χ4n) is 15.1. The van der Waals surface area contributed by atoms with Crippen molar-refractivity contribution in [2.45, 2.75) is 211 Å². The molecule has 0 unspecified atom stereocenters. The Labute approximate surface area is 392 Å². The predicted octanol–water partition coefficient (Wildman–Crippen LogP) is -0.889. The summed E-state index contributed by atoms with van der Waals surface area (Å²) in [7, 11) is 0. The van der Waals surface area contributed by atoms with Crippen LogP contribution in [0, 0.1) is 50.2 Å². The van der Waals surface area contributed by atoms with Gasteiger partial charge in [0.05, 0.1) is 32.0 Å². The molecular formula is C48H78O19. The third-order valence-electron chi connectivity index (χ3n) is 19.3. The Kier molecular flexibility index (Phi) is 14.1. The van der Waals surface area contributed by atoms with Crippen LogP contribution in [-0.2, 0) is 33.2 Å². The third-order valence-corrected chi connectivity index (χ3v) is 19.3. The molecule has 0 amide bonds. The molecule has 0 aromatic carbocycles. The minimum Gasteiger partial charge on any atom is -0.432 e. The summed E-state index contributed by atoms with van der Waals surface area (Å²) in [6, 6.07) is 0. The summed E-state index contributed by atoms with van der Waals surface area (Å²) in [5.41, 5.74) is -2.05. The number of fused-ring (bicyclic) bond motifs is 7. The number of hydrogen-bond acceptors (Lipinski definition) is 19. The lowest BCUT2D eigenvalue weighted by Gasteiger charge is -2.71. The molecule has 67 heavy (non-hydrogen) atoms. The average molecular weight is 959 g/mol. The first kappa shape index (κ1) is 51.9. The highest BCUT2D eigenvalue weighted by molar-refractivity contribution is 5.80. The lowest BCUT2D eigenvalue weighted by atomic mass is 9.33. The molecule has 0 aromatic rings. The van der Waals surface area contributed by atoms with E-state index in [4.69, 9.17) is 28.4 Å². The maximum absolute atomic E-state index is 14.7. The second-order valence-corrected chi connectivity index (χ2v) is 23.6. The predicted molar refractivity (Wildman–Crippen MR) is 232 cm³/mol. The van der Waals surface area contributed by atoms with E-state index in [1.807, 2.05) is 0 Å². The maximum atomic E-state index is 14.7. The Morgan fingerprint density at radius 3 is 1.76 bits per heavy atom. The van der Waals surface area contributed by atoms with Crippen molar-refractivity contribution in [1.82, 2.24) is 0 Å². The molecule has 12 N–H and O–H groups in total. The first-order valence-corrected chi connectivity index (χ1v) is 24.4. The van der Waals surface area contributed by atoms with Crippen LogP contribution in [0.2, 0.25) is 0 Å². The summed E-state index contributed by atoms with van der Waals surface area (Å²) in [6.07, 6.45) is -17.6. The van der Waals surface area contributed by atoms with Crippen LogP contribution in [0.15, 0.2) is 11.6 Å². The van der Waals surface area contributed by atoms with Gasteiger partial charge in [-0.2, -0.15) is 0 Å². The van der Waals surface area contributed by atoms with Crippen molar-refractivity contribution in [3.63, 3.8) is 0 Å². The molecule has 0 aromatic heterocycles. The third kappa shape index (κ3) is 8.01. The Hall–Kier alpha value is -1.47. The van der Waals surface area contributed by atoms with Crippen LogP contribution < -0.4 is 0 Å². The standard InChI is InChI=1S/C48H78O19/c1-43(2)14-15-48(42(61)67-40-36(59)34(57)31(54)24(19-50)63-40)22(16-43)21-8-9-27-45(5)12-11-29(44(3,4)26(45)10-13-46(27,6)47(21,7)17-28(48)52)65-41-37(60)38(32(55)25(20-51)64-41)66-39-35(58)33(56)30(53)23(18-49)62-39/h8,22-41,49-60H,9-20H2,1-7H3/t22-,23+,24+,25+,26-,27+,28+,29-,30+,31+,32+,33-,34-,35+,36+,37+,38-,39-,40-,41-,45-,46+,47+,48+/m0/s1. The van der Waals surface area contributed by atoms with Gasteiger partial charge in [0, 0.05) is 0 Å². The average Bonchev–Trinajstić information content (AvgIpc) is 3.26. The minimum atomic E-state index is -1.80. The molecule has 384 valence electrons. The van der Waals surface area contributed by atoms with Gasteiger partial charge in [0.1, 0.15) is 78.7 Å². The van der Waals surface area contributed by atoms with E-state index >= 15 is 0 Å². The van der Waals surface area contributed by atoms with Crippen molar-refractivity contribution in [3.8, 4) is 0 Å². The number of esters is 1. The number of aliphatic hydroxyl groups is 12. The van der Waals surface area contributed by atoms with Gasteiger partial charge in [-0.05, 0) is 103 Å². The Balaban J connectivity index is 1.04. The fraction of sp³-hybridized carbons (Fsp3) is 0.938. The largest absolute Gasteiger partial charge is 0.432 e. The minimum absolute atomic E-state index is 0.103. The number of rotatable bonds is 9. The van der Waals surface area contributed by atoms with E-state index in [9.17, 15) is 66.1 Å². The van der Waals surface area contributed by atoms with Crippen molar-refractivity contribution in [1.29, 1.82) is 0 Å². The Morgan fingerprint density at radius 2 is 1.16 bits per heavy atom. The Bertz CT molecular complexity index is 1830. The van der Waals surface area contributed by atoms with Gasteiger partial charge >= 0.3 is 5.97 Å². The van der Waals surface area contributed by atoms with Gasteiger partial charge in [0.2, 0.25) is 6.29 Å². The summed E-state index contributed by atoms with van der Waals surface area (Å²) < 4.78 is 35.5. The van der Waals surface area contributed by atoms with Gasteiger partial charge in [0.15, 0.2) is 12.6 Å². The highest BCUT2D eigenvalue weighted by Gasteiger charge is 2.72. The number of ether oxygens (including phenoxy) is 6. The molecule has 24 atom stereocenters. The van der Waals surface area contributed by atoms with E-state index in [2.05, 4.69) is 54.5 Å². The monoisotopic (exact) mass is 959 g/mol. The molecule has 8 rings (SSSR count). The van der Waals surface area contributed by atoms with Crippen LogP contribution in [0.4, 0.5) is 0 Å². The summed E-state index contributed by atoms with van der Waals surface area (Å²) in [4.78, 5) is 14.7. The number of hydrogen-bond donors (Lipinski definition) is 12. The smallest absolute Gasteiger partial charge is 0.317 e. The van der Waals surface area contributed by atoms with Crippen molar-refractivity contribution in [2.24, 2.45) is 50.2 Å². The van der Waals surface area contributed by atoms with E-state index in [0.29, 0.717) is 25.7 Å². The number of carbonyl (C=O) groups is 1. The summed E-state index contributed by atoms with van der Waals surface area (Å²) in [5, 5.41) is 128. The zero-order valence-electron chi connectivity index (χ0n) is 39.8. The van der Waals surface area contributed by atoms with Crippen LogP contribution in [0.3, 0.4) is 0 Å². The summed E-state index contributed by atoms with van der Waals surface area (Å²) >= 11 is 0. The van der Waals surface area contributed by atoms with Gasteiger partial charge in [-0.3, -0.25) is 4.79 Å². The topological polar surface area (TPSA) is 315 Å². The van der Waals surface area contributed by atoms with Crippen LogP contribution in [0.1, 0.15) is 106 Å². The molecule has 19 nitrogen and oxygen atoms in total. The van der Waals surface area contributed by atoms with Gasteiger partial charge in [-0.15, -0.1) is 0 Å². The maximum Gasteiger partial charge on any atom is 0.317 e. The first-order chi connectivity index (χ1) is 31.3. The zero-order chi connectivity index (χ0) is 49.1. The SMILES string of the molecule is CC1(C)CC[C@]2(C(=O)O[C@@H]3O[C@H](CO)[C@@H](O)[C@H](O)[C@H]3O)[C@H](O)C[C@]3(C)C(=CC[C@@H]4[C@@]5(C)CC[C@H](O[C@@H]6O[C@H](CO)[C@@H](O)[C@H](O[C@@H]7O[C@H](CO)[C@@H](O)[C@H](O)[C@H]7O)[C@H]6O)C(C)(C)[C@@H]5CC[C@]43C)[C@@H]2C1. The molecule has 0 spiro atoms. The number of allylic oxidation sites excluding steroid dienone is 2. The molecule has 3 aliphatic heterocycles. The van der Waals surface area contributed by atoms with Crippen molar-refractivity contribution in [2.75, 3.05) is 19.8 Å². The molecule has 7 fully saturated rings. The van der Waals surface area contributed by atoms with Crippen LogP contribution in [0.25, 0.3) is 0 Å². The molecule has 4 saturated carbocycles. The quantitative estimate of drug-likeness (QED) is 0.0758. The van der Waals surface area contributed by atoms with Crippen molar-refractivity contribution < 1.29 is 94.5 Å². The van der Waals surface area contributed by atoms with Gasteiger partial charge in [-0.1, -0.05) is 60.1 Å². The van der Waals surface area contributed by atoms with Crippen LogP contribution in [-0.4, -0.2) is 191 Å². The van der Waals surface area contributed by atoms with Gasteiger partial charge in [-0.25, -0.2) is 0 Å². The Morgan fingerprint density at radius 1 is 0.612 bits per heavy atom. The molecule has 19 heteroatoms. The molecule has 5 aliphatic carbocycles. The van der Waals surface area contributed by atoms with Crippen LogP contribution >= 0.6 is 0 Å². The van der Waals surface area contributed by atoms with Gasteiger partial charge in [0.25, 0.3) is 0 Å². The van der Waals surface area contributed by atoms with E-state index < -0.39 is 152 Å². The second kappa shape index (κ2) is 18.2. The first-order valence-electron chi connectivity index (χ1n) is 24.4. The molecule has 0 bridgehead atoms. The normalized spacial score (nSPS) is 53.8. The highest BCUT2D eigenvalue weighted by Crippen LogP contribution is 2.76. The molecule has 3 saturated heterocycles. The molecule has 0 radical (unpaired) electrons. The summed E-state index contributed by atoms with van der Waals surface area (Å²) in [5.74, 6) is -0.907. The number of aliphatic hydroxyl groups excluding tert-OH is 12. The molecule has 8 aliphatic rings. The van der Waals surface area contributed by atoms with Crippen LogP contribution in [0.5, 0.6) is 0 Å². The highest BCUT2D eigenvalue weighted by atomic mass is 16.7. The van der Waals surface area contributed by atoms with E-state index in [1.54, 1.807) is 0 Å². The fourth-order valence-corrected chi connectivity index (χ4v) is 15.1. The van der Waals surface area contributed by atoms with E-state index in [1.165, 1.54) is 0 Å². The summed E-state index contributed by atoms with van der Waals surface area (Å²) in [6.45, 7) is 13.5. The van der Waals surface area contributed by atoms with E-state index in [-0.39, 0.29) is 34.5 Å². The van der Waals surface area contributed by atoms with Gasteiger partial charge < -0.3 is 89.7 Å². The lowest BCUT2D eigenvalue weighted by molar-refractivity contribution is -0.369. The molecular weight excluding hydrogens is 881 g/mol.